The van der Waals surface area contributed by atoms with E-state index in [1.165, 1.54) is 6.39 Å². The average Bonchev–Trinajstić information content (AvgIpc) is 2.84. The number of hydrogen-bond acceptors (Lipinski definition) is 4. The van der Waals surface area contributed by atoms with Crippen molar-refractivity contribution in [3.8, 4) is 0 Å². The molecule has 1 aromatic heterocycles. The summed E-state index contributed by atoms with van der Waals surface area (Å²) in [6.45, 7) is 3.95. The second kappa shape index (κ2) is 6.22. The summed E-state index contributed by atoms with van der Waals surface area (Å²) in [4.78, 5) is 34.7. The maximum Gasteiger partial charge on any atom is 0.319 e. The Kier molecular flexibility index (Phi) is 4.28. The summed E-state index contributed by atoms with van der Waals surface area (Å²) in [5.74, 6) is 0.902. The van der Waals surface area contributed by atoms with E-state index in [9.17, 15) is 9.59 Å². The van der Waals surface area contributed by atoms with E-state index in [4.69, 9.17) is 4.42 Å². The lowest BCUT2D eigenvalue weighted by atomic mass is 9.94. The van der Waals surface area contributed by atoms with Crippen LogP contribution >= 0.6 is 0 Å². The number of carbonyl (C=O) groups excluding carboxylic acids is 2. The van der Waals surface area contributed by atoms with Crippen molar-refractivity contribution >= 4 is 11.9 Å². The minimum absolute atomic E-state index is 0.0203. The molecule has 0 unspecified atom stereocenters. The van der Waals surface area contributed by atoms with Crippen molar-refractivity contribution in [2.24, 2.45) is 5.92 Å². The lowest BCUT2D eigenvalue weighted by Crippen LogP contribution is -2.48. The Balaban J connectivity index is 1.80. The first-order chi connectivity index (χ1) is 11.0. The third-order valence-corrected chi connectivity index (χ3v) is 4.79. The quantitative estimate of drug-likeness (QED) is 0.827. The van der Waals surface area contributed by atoms with Crippen LogP contribution in [0.2, 0.25) is 0 Å². The van der Waals surface area contributed by atoms with E-state index in [-0.39, 0.29) is 18.0 Å². The van der Waals surface area contributed by atoms with Crippen LogP contribution in [0.1, 0.15) is 36.0 Å². The molecule has 0 aliphatic carbocycles. The Bertz CT molecular complexity index is 598. The summed E-state index contributed by atoms with van der Waals surface area (Å²) < 4.78 is 5.30. The summed E-state index contributed by atoms with van der Waals surface area (Å²) in [7, 11) is 3.53. The molecule has 3 amide bonds. The Hall–Kier alpha value is -2.05. The molecule has 3 fully saturated rings. The molecule has 126 valence electrons. The van der Waals surface area contributed by atoms with E-state index >= 15 is 0 Å². The van der Waals surface area contributed by atoms with Crippen molar-refractivity contribution in [3.05, 3.63) is 17.8 Å². The highest BCUT2D eigenvalue weighted by atomic mass is 16.3. The topological polar surface area (TPSA) is 69.9 Å². The van der Waals surface area contributed by atoms with E-state index in [0.717, 1.165) is 19.4 Å². The van der Waals surface area contributed by atoms with Crippen molar-refractivity contribution < 1.29 is 14.0 Å². The average molecular weight is 320 g/mol. The van der Waals surface area contributed by atoms with Gasteiger partial charge in [0.05, 0.1) is 0 Å². The molecule has 3 aliphatic heterocycles. The normalized spacial score (nSPS) is 23.8. The molecule has 4 heterocycles. The number of carbonyl (C=O) groups is 2. The van der Waals surface area contributed by atoms with E-state index < -0.39 is 0 Å². The van der Waals surface area contributed by atoms with E-state index in [2.05, 4.69) is 4.98 Å². The molecule has 0 N–H and O–H groups in total. The van der Waals surface area contributed by atoms with Crippen molar-refractivity contribution in [3.63, 3.8) is 0 Å². The third-order valence-electron chi connectivity index (χ3n) is 4.79. The van der Waals surface area contributed by atoms with Crippen molar-refractivity contribution in [2.75, 3.05) is 33.7 Å². The first kappa shape index (κ1) is 15.8. The van der Waals surface area contributed by atoms with Gasteiger partial charge in [-0.25, -0.2) is 9.78 Å². The SMILES string of the molecule is CCc1ocnc1C(=O)N1C[C@@H]2CC[C@H]1CN(C(=O)N(C)C)C2. The van der Waals surface area contributed by atoms with Crippen LogP contribution in [-0.2, 0) is 6.42 Å². The summed E-state index contributed by atoms with van der Waals surface area (Å²) in [5.41, 5.74) is 0.422. The third kappa shape index (κ3) is 2.92. The molecule has 3 aliphatic rings. The summed E-state index contributed by atoms with van der Waals surface area (Å²) in [6.07, 6.45) is 3.98. The number of oxazole rings is 1. The lowest BCUT2D eigenvalue weighted by Gasteiger charge is -2.35. The van der Waals surface area contributed by atoms with E-state index in [1.807, 2.05) is 16.7 Å². The van der Waals surface area contributed by atoms with E-state index in [0.29, 0.717) is 36.9 Å². The summed E-state index contributed by atoms with van der Waals surface area (Å²) >= 11 is 0. The highest BCUT2D eigenvalue weighted by Crippen LogP contribution is 2.30. The van der Waals surface area contributed by atoms with Gasteiger partial charge in [-0.15, -0.1) is 0 Å². The van der Waals surface area contributed by atoms with Gasteiger partial charge >= 0.3 is 6.03 Å². The van der Waals surface area contributed by atoms with Crippen LogP contribution in [0.5, 0.6) is 0 Å². The van der Waals surface area contributed by atoms with Crippen LogP contribution in [0.15, 0.2) is 10.8 Å². The predicted molar refractivity (Wildman–Crippen MR) is 84.1 cm³/mol. The van der Waals surface area contributed by atoms with Crippen LogP contribution in [-0.4, -0.2) is 71.4 Å². The van der Waals surface area contributed by atoms with Crippen molar-refractivity contribution in [1.82, 2.24) is 19.7 Å². The molecule has 3 saturated heterocycles. The molecule has 2 bridgehead atoms. The zero-order valence-corrected chi connectivity index (χ0v) is 14.0. The highest BCUT2D eigenvalue weighted by molar-refractivity contribution is 5.93. The van der Waals surface area contributed by atoms with Crippen LogP contribution < -0.4 is 0 Å². The van der Waals surface area contributed by atoms with Crippen molar-refractivity contribution in [1.29, 1.82) is 0 Å². The molecule has 2 atom stereocenters. The Morgan fingerprint density at radius 3 is 2.78 bits per heavy atom. The fraction of sp³-hybridized carbons (Fsp3) is 0.688. The predicted octanol–water partition coefficient (Wildman–Crippen LogP) is 1.46. The van der Waals surface area contributed by atoms with Gasteiger partial charge in [0, 0.05) is 46.2 Å². The zero-order chi connectivity index (χ0) is 16.6. The molecule has 0 saturated carbocycles. The molecule has 7 nitrogen and oxygen atoms in total. The van der Waals surface area contributed by atoms with Gasteiger partial charge in [-0.1, -0.05) is 6.92 Å². The van der Waals surface area contributed by atoms with Gasteiger partial charge in [-0.3, -0.25) is 4.79 Å². The maximum atomic E-state index is 12.9. The molecule has 23 heavy (non-hydrogen) atoms. The number of rotatable bonds is 2. The standard InChI is InChI=1S/C16H24N4O3/c1-4-13-14(17-10-23-13)15(21)20-8-11-5-6-12(20)9-19(7-11)16(22)18(2)3/h10-12H,4-9H2,1-3H3/t11-,12+/m1/s1. The first-order valence-corrected chi connectivity index (χ1v) is 8.20. The number of piperidine rings is 1. The second-order valence-corrected chi connectivity index (χ2v) is 6.61. The Labute approximate surface area is 136 Å². The fourth-order valence-corrected chi connectivity index (χ4v) is 3.60. The van der Waals surface area contributed by atoms with Crippen molar-refractivity contribution in [2.45, 2.75) is 32.2 Å². The van der Waals surface area contributed by atoms with Gasteiger partial charge in [0.1, 0.15) is 5.76 Å². The molecule has 0 aromatic carbocycles. The van der Waals surface area contributed by atoms with Gasteiger partial charge in [-0.05, 0) is 18.8 Å². The molecule has 0 radical (unpaired) electrons. The maximum absolute atomic E-state index is 12.9. The van der Waals surface area contributed by atoms with Gasteiger partial charge in [0.2, 0.25) is 0 Å². The number of aryl methyl sites for hydroxylation is 1. The number of aromatic nitrogens is 1. The Morgan fingerprint density at radius 2 is 2.09 bits per heavy atom. The lowest BCUT2D eigenvalue weighted by molar-refractivity contribution is 0.0578. The largest absolute Gasteiger partial charge is 0.448 e. The summed E-state index contributed by atoms with van der Waals surface area (Å²) in [6, 6.07) is 0.0819. The molecular formula is C16H24N4O3. The molecular weight excluding hydrogens is 296 g/mol. The van der Waals surface area contributed by atoms with Gasteiger partial charge in [0.25, 0.3) is 5.91 Å². The first-order valence-electron chi connectivity index (χ1n) is 8.20. The summed E-state index contributed by atoms with van der Waals surface area (Å²) in [5, 5.41) is 0. The van der Waals surface area contributed by atoms with E-state index in [1.54, 1.807) is 19.0 Å². The van der Waals surface area contributed by atoms with Gasteiger partial charge < -0.3 is 19.1 Å². The number of fused-ring (bicyclic) bond motifs is 4. The number of urea groups is 1. The van der Waals surface area contributed by atoms with Gasteiger partial charge in [0.15, 0.2) is 12.1 Å². The number of hydrogen-bond donors (Lipinski definition) is 0. The monoisotopic (exact) mass is 320 g/mol. The molecule has 4 rings (SSSR count). The second-order valence-electron chi connectivity index (χ2n) is 6.61. The fourth-order valence-electron chi connectivity index (χ4n) is 3.60. The minimum atomic E-state index is -0.0653. The molecule has 1 aromatic rings. The number of nitrogens with zero attached hydrogens (tertiary/aromatic N) is 4. The molecule has 0 spiro atoms. The van der Waals surface area contributed by atoms with Crippen LogP contribution in [0.3, 0.4) is 0 Å². The molecule has 7 heteroatoms. The van der Waals surface area contributed by atoms with Crippen LogP contribution in [0.4, 0.5) is 4.79 Å². The smallest absolute Gasteiger partial charge is 0.319 e. The zero-order valence-electron chi connectivity index (χ0n) is 14.0. The van der Waals surface area contributed by atoms with Crippen LogP contribution in [0.25, 0.3) is 0 Å². The minimum Gasteiger partial charge on any atom is -0.448 e. The number of amides is 3. The highest BCUT2D eigenvalue weighted by Gasteiger charge is 2.40. The van der Waals surface area contributed by atoms with Crippen LogP contribution in [0, 0.1) is 5.92 Å². The van der Waals surface area contributed by atoms with Gasteiger partial charge in [-0.2, -0.15) is 0 Å². The Morgan fingerprint density at radius 1 is 1.30 bits per heavy atom.